The summed E-state index contributed by atoms with van der Waals surface area (Å²) in [7, 11) is 1.92. The lowest BCUT2D eigenvalue weighted by molar-refractivity contribution is -0.137. The summed E-state index contributed by atoms with van der Waals surface area (Å²) in [5.41, 5.74) is 1.07. The van der Waals surface area contributed by atoms with Crippen LogP contribution in [-0.2, 0) is 6.18 Å². The van der Waals surface area contributed by atoms with Gasteiger partial charge in [-0.15, -0.1) is 0 Å². The zero-order valence-corrected chi connectivity index (χ0v) is 17.8. The highest BCUT2D eigenvalue weighted by atomic mass is 19.4. The highest BCUT2D eigenvalue weighted by Crippen LogP contribution is 2.34. The highest BCUT2D eigenvalue weighted by Gasteiger charge is 2.32. The first-order valence-electron chi connectivity index (χ1n) is 9.74. The molecule has 1 aromatic carbocycles. The average Bonchev–Trinajstić information content (AvgIpc) is 3.19. The van der Waals surface area contributed by atoms with Crippen LogP contribution in [0.15, 0.2) is 61.2 Å². The molecular weight excluding hydrogens is 407 g/mol. The first-order valence-corrected chi connectivity index (χ1v) is 9.74. The third-order valence-corrected chi connectivity index (χ3v) is 4.74. The fourth-order valence-electron chi connectivity index (χ4n) is 3.08. The van der Waals surface area contributed by atoms with E-state index >= 15 is 0 Å². The molecule has 2 rings (SSSR count). The number of carboxylic acid groups (broad SMARTS) is 1. The molecular formula is C23H26F3N3O2. The molecule has 0 saturated heterocycles. The molecule has 166 valence electrons. The lowest BCUT2D eigenvalue weighted by Crippen LogP contribution is -2.15. The van der Waals surface area contributed by atoms with Gasteiger partial charge in [-0.2, -0.15) is 13.2 Å². The number of benzene rings is 1. The number of aromatic nitrogens is 2. The fourth-order valence-corrected chi connectivity index (χ4v) is 3.08. The van der Waals surface area contributed by atoms with E-state index in [0.717, 1.165) is 24.7 Å². The normalized spacial score (nSPS) is 12.7. The quantitative estimate of drug-likeness (QED) is 0.498. The van der Waals surface area contributed by atoms with E-state index in [9.17, 15) is 23.1 Å². The van der Waals surface area contributed by atoms with Crippen molar-refractivity contribution in [2.75, 3.05) is 13.6 Å². The van der Waals surface area contributed by atoms with Gasteiger partial charge in [0.2, 0.25) is 0 Å². The largest absolute Gasteiger partial charge is 0.478 e. The molecule has 2 aromatic rings. The Bertz CT molecular complexity index is 1000. The molecule has 31 heavy (non-hydrogen) atoms. The molecule has 0 atom stereocenters. The summed E-state index contributed by atoms with van der Waals surface area (Å²) in [6.45, 7) is 8.37. The summed E-state index contributed by atoms with van der Waals surface area (Å²) in [6.07, 6.45) is 5.32. The van der Waals surface area contributed by atoms with Crippen molar-refractivity contribution in [3.63, 3.8) is 0 Å². The van der Waals surface area contributed by atoms with Crippen molar-refractivity contribution in [2.45, 2.75) is 32.9 Å². The number of hydrogen-bond acceptors (Lipinski definition) is 3. The third-order valence-electron chi connectivity index (χ3n) is 4.74. The van der Waals surface area contributed by atoms with Gasteiger partial charge in [-0.1, -0.05) is 31.2 Å². The summed E-state index contributed by atoms with van der Waals surface area (Å²) in [5.74, 6) is -1.42. The number of carbonyl (C=O) groups is 1. The molecule has 0 bridgehead atoms. The van der Waals surface area contributed by atoms with Crippen LogP contribution in [0.4, 0.5) is 13.2 Å². The number of allylic oxidation sites excluding steroid dienone is 3. The van der Waals surface area contributed by atoms with Gasteiger partial charge in [0.05, 0.1) is 29.3 Å². The van der Waals surface area contributed by atoms with Gasteiger partial charge < -0.3 is 14.6 Å². The molecule has 0 radical (unpaired) electrons. The van der Waals surface area contributed by atoms with E-state index in [2.05, 4.69) is 11.6 Å². The Labute approximate surface area is 179 Å². The highest BCUT2D eigenvalue weighted by molar-refractivity contribution is 5.89. The van der Waals surface area contributed by atoms with Crippen LogP contribution >= 0.6 is 0 Å². The molecule has 0 aliphatic rings. The van der Waals surface area contributed by atoms with Gasteiger partial charge >= 0.3 is 12.1 Å². The molecule has 1 N–H and O–H groups in total. The van der Waals surface area contributed by atoms with Crippen LogP contribution in [0.1, 0.15) is 42.6 Å². The van der Waals surface area contributed by atoms with Crippen LogP contribution in [0, 0.1) is 0 Å². The molecule has 0 saturated carbocycles. The summed E-state index contributed by atoms with van der Waals surface area (Å²) >= 11 is 0. The van der Waals surface area contributed by atoms with Crippen LogP contribution in [-0.4, -0.2) is 39.1 Å². The number of imidazole rings is 1. The second kappa shape index (κ2) is 10.1. The summed E-state index contributed by atoms with van der Waals surface area (Å²) in [5, 5.41) is 9.26. The smallest absolute Gasteiger partial charge is 0.416 e. The lowest BCUT2D eigenvalue weighted by Gasteiger charge is -2.19. The zero-order chi connectivity index (χ0) is 23.2. The van der Waals surface area contributed by atoms with E-state index in [1.165, 1.54) is 24.2 Å². The fraction of sp³-hybridized carbons (Fsp3) is 0.304. The van der Waals surface area contributed by atoms with Gasteiger partial charge in [0.25, 0.3) is 0 Å². The Balaban J connectivity index is 2.44. The average molecular weight is 433 g/mol. The molecule has 0 amide bonds. The molecule has 0 unspecified atom stereocenters. The van der Waals surface area contributed by atoms with Gasteiger partial charge in [-0.25, -0.2) is 9.78 Å². The van der Waals surface area contributed by atoms with Crippen LogP contribution in [0.25, 0.3) is 17.0 Å². The minimum atomic E-state index is -4.66. The maximum Gasteiger partial charge on any atom is 0.416 e. The van der Waals surface area contributed by atoms with E-state index < -0.39 is 23.3 Å². The molecule has 0 fully saturated rings. The van der Waals surface area contributed by atoms with Crippen LogP contribution in [0.5, 0.6) is 0 Å². The zero-order valence-electron chi connectivity index (χ0n) is 17.8. The van der Waals surface area contributed by atoms with Gasteiger partial charge in [-0.3, -0.25) is 0 Å². The molecule has 8 heteroatoms. The monoisotopic (exact) mass is 433 g/mol. The number of halogens is 3. The van der Waals surface area contributed by atoms with E-state index in [-0.39, 0.29) is 5.56 Å². The molecule has 5 nitrogen and oxygen atoms in total. The Morgan fingerprint density at radius 1 is 1.32 bits per heavy atom. The topological polar surface area (TPSA) is 58.4 Å². The van der Waals surface area contributed by atoms with E-state index in [0.29, 0.717) is 18.2 Å². The Hall–Kier alpha value is -3.29. The molecule has 1 aromatic heterocycles. The van der Waals surface area contributed by atoms with Crippen LogP contribution in [0.3, 0.4) is 0 Å². The first-order chi connectivity index (χ1) is 14.6. The van der Waals surface area contributed by atoms with Crippen molar-refractivity contribution in [3.05, 3.63) is 72.4 Å². The minimum Gasteiger partial charge on any atom is -0.478 e. The van der Waals surface area contributed by atoms with Crippen molar-refractivity contribution >= 4 is 11.7 Å². The maximum absolute atomic E-state index is 13.3. The maximum atomic E-state index is 13.3. The van der Waals surface area contributed by atoms with E-state index in [4.69, 9.17) is 0 Å². The predicted octanol–water partition coefficient (Wildman–Crippen LogP) is 5.93. The Morgan fingerprint density at radius 2 is 2.03 bits per heavy atom. The number of carboxylic acids is 1. The van der Waals surface area contributed by atoms with Gasteiger partial charge in [0.15, 0.2) is 0 Å². The molecule has 0 aliphatic heterocycles. The van der Waals surface area contributed by atoms with Crippen LogP contribution < -0.4 is 0 Å². The molecule has 0 aliphatic carbocycles. The van der Waals surface area contributed by atoms with Crippen LogP contribution in [0.2, 0.25) is 0 Å². The van der Waals surface area contributed by atoms with Crippen molar-refractivity contribution in [1.29, 1.82) is 0 Å². The minimum absolute atomic E-state index is 0.136. The summed E-state index contributed by atoms with van der Waals surface area (Å²) < 4.78 is 41.6. The second-order valence-corrected chi connectivity index (χ2v) is 7.20. The van der Waals surface area contributed by atoms with Gasteiger partial charge in [0, 0.05) is 31.1 Å². The SMILES string of the molecule is C=C/C=C(/C)CCN(C)/C=C(\CC)n1cncc1-c1cc(C(=O)O)cc(C(F)(F)F)c1. The van der Waals surface area contributed by atoms with Crippen molar-refractivity contribution in [2.24, 2.45) is 0 Å². The molecule has 0 spiro atoms. The predicted molar refractivity (Wildman–Crippen MR) is 115 cm³/mol. The standard InChI is InChI=1S/C23H26F3N3O2/c1-5-7-16(3)8-9-28(4)14-20(6-2)29-15-27-13-21(29)17-10-18(22(30)31)12-19(11-17)23(24,25)26/h5,7,10-15H,1,6,8-9H2,2-4H3,(H,30,31)/b16-7-,20-14+. The number of aromatic carboxylic acids is 1. The Kier molecular flexibility index (Phi) is 7.85. The van der Waals surface area contributed by atoms with Gasteiger partial charge in [0.1, 0.15) is 0 Å². The molecule has 1 heterocycles. The third kappa shape index (κ3) is 6.34. The number of hydrogen-bond donors (Lipinski definition) is 1. The Morgan fingerprint density at radius 3 is 2.61 bits per heavy atom. The summed E-state index contributed by atoms with van der Waals surface area (Å²) in [6, 6.07) is 2.81. The number of nitrogens with zero attached hydrogens (tertiary/aromatic N) is 3. The van der Waals surface area contributed by atoms with Crippen molar-refractivity contribution in [1.82, 2.24) is 14.5 Å². The number of alkyl halides is 3. The van der Waals surface area contributed by atoms with Gasteiger partial charge in [-0.05, 0) is 38.0 Å². The van der Waals surface area contributed by atoms with E-state index in [1.54, 1.807) is 10.6 Å². The second-order valence-electron chi connectivity index (χ2n) is 7.20. The lowest BCUT2D eigenvalue weighted by atomic mass is 10.0. The van der Waals surface area contributed by atoms with Crippen molar-refractivity contribution < 1.29 is 23.1 Å². The number of rotatable bonds is 9. The summed E-state index contributed by atoms with van der Waals surface area (Å²) in [4.78, 5) is 17.5. The van der Waals surface area contributed by atoms with Crippen molar-refractivity contribution in [3.8, 4) is 11.3 Å². The van der Waals surface area contributed by atoms with E-state index in [1.807, 2.05) is 38.1 Å². The first kappa shape index (κ1) is 24.0.